The van der Waals surface area contributed by atoms with Crippen molar-refractivity contribution >= 4 is 33.3 Å². The summed E-state index contributed by atoms with van der Waals surface area (Å²) in [5, 5.41) is 25.3. The van der Waals surface area contributed by atoms with Crippen LogP contribution in [-0.4, -0.2) is 73.6 Å². The molecule has 47 heavy (non-hydrogen) atoms. The maximum Gasteiger partial charge on any atom is 0.159 e. The molecule has 12 heteroatoms. The number of H-pyrrole nitrogens is 2. The zero-order valence-corrected chi connectivity index (χ0v) is 26.3. The molecule has 1 aliphatic carbocycles. The number of likely N-dealkylation sites (N-methyl/N-ethyl adjacent to an activating group) is 1. The van der Waals surface area contributed by atoms with Crippen molar-refractivity contribution in [1.82, 2.24) is 35.0 Å². The van der Waals surface area contributed by atoms with E-state index in [1.165, 1.54) is 24.6 Å². The highest BCUT2D eigenvalue weighted by Crippen LogP contribution is 2.35. The van der Waals surface area contributed by atoms with Gasteiger partial charge >= 0.3 is 0 Å². The summed E-state index contributed by atoms with van der Waals surface area (Å²) in [5.74, 6) is -0.171. The molecule has 5 N–H and O–H groups in total. The number of aliphatic hydroxyl groups excluding tert-OH is 1. The van der Waals surface area contributed by atoms with Crippen LogP contribution in [0.3, 0.4) is 0 Å². The van der Waals surface area contributed by atoms with E-state index in [-0.39, 0.29) is 11.7 Å². The largest absolute Gasteiger partial charge is 0.384 e. The number of benzene rings is 2. The Morgan fingerprint density at radius 3 is 2.62 bits per heavy atom. The molecule has 1 atom stereocenters. The van der Waals surface area contributed by atoms with E-state index < -0.39 is 12.0 Å². The fraction of sp³-hybridized carbons (Fsp3) is 0.314. The van der Waals surface area contributed by atoms with E-state index in [4.69, 9.17) is 4.98 Å². The second-order valence-corrected chi connectivity index (χ2v) is 12.5. The number of anilines is 2. The minimum atomic E-state index is -0.689. The molecule has 0 bridgehead atoms. The van der Waals surface area contributed by atoms with Crippen LogP contribution in [0.15, 0.2) is 61.1 Å². The summed E-state index contributed by atoms with van der Waals surface area (Å²) in [6.07, 6.45) is 9.59. The molecule has 1 aliphatic rings. The lowest BCUT2D eigenvalue weighted by Gasteiger charge is -2.27. The molecule has 0 amide bonds. The van der Waals surface area contributed by atoms with Gasteiger partial charge in [-0.05, 0) is 63.3 Å². The molecule has 242 valence electrons. The predicted octanol–water partition coefficient (Wildman–Crippen LogP) is 6.79. The first-order valence-corrected chi connectivity index (χ1v) is 15.9. The first kappa shape index (κ1) is 30.7. The third kappa shape index (κ3) is 6.51. The third-order valence-corrected chi connectivity index (χ3v) is 8.80. The van der Waals surface area contributed by atoms with Gasteiger partial charge in [0, 0.05) is 65.2 Å². The zero-order chi connectivity index (χ0) is 32.5. The molecule has 7 rings (SSSR count). The van der Waals surface area contributed by atoms with Crippen molar-refractivity contribution in [2.45, 2.75) is 38.3 Å². The highest BCUT2D eigenvalue weighted by molar-refractivity contribution is 5.98. The van der Waals surface area contributed by atoms with Crippen LogP contribution in [0.4, 0.5) is 20.2 Å². The second-order valence-electron chi connectivity index (χ2n) is 12.5. The molecular weight excluding hydrogens is 600 g/mol. The molecule has 0 spiro atoms. The number of rotatable bonds is 10. The van der Waals surface area contributed by atoms with E-state index in [2.05, 4.69) is 35.8 Å². The molecule has 0 saturated heterocycles. The maximum atomic E-state index is 15.5. The van der Waals surface area contributed by atoms with Crippen molar-refractivity contribution in [3.63, 3.8) is 0 Å². The molecule has 0 radical (unpaired) electrons. The van der Waals surface area contributed by atoms with Crippen molar-refractivity contribution < 1.29 is 13.9 Å². The summed E-state index contributed by atoms with van der Waals surface area (Å²) in [7, 11) is 3.96. The van der Waals surface area contributed by atoms with E-state index in [0.29, 0.717) is 73.8 Å². The number of nitrogens with one attached hydrogen (secondary N) is 4. The summed E-state index contributed by atoms with van der Waals surface area (Å²) in [6.45, 7) is 1.46. The number of aromatic nitrogens is 6. The van der Waals surface area contributed by atoms with Gasteiger partial charge in [0.2, 0.25) is 0 Å². The average molecular weight is 638 g/mol. The summed E-state index contributed by atoms with van der Waals surface area (Å²) in [4.78, 5) is 19.1. The number of nitrogens with zero attached hydrogens (tertiary/aromatic N) is 5. The topological polar surface area (TPSA) is 131 Å². The SMILES string of the molecule is CN(C)CCNc1cc(F)cc(-c2nccc3[nH]c(-c4n[nH]c5cc(F)c(-c6cncc(NC(O)C7CCCCC7)c6)cc45)nc23)c1. The lowest BCUT2D eigenvalue weighted by atomic mass is 9.88. The number of pyridine rings is 2. The molecular formula is C35H37F2N9O. The van der Waals surface area contributed by atoms with Crippen LogP contribution < -0.4 is 10.6 Å². The van der Waals surface area contributed by atoms with Gasteiger partial charge in [0.25, 0.3) is 0 Å². The predicted molar refractivity (Wildman–Crippen MR) is 181 cm³/mol. The Kier molecular flexibility index (Phi) is 8.52. The maximum absolute atomic E-state index is 15.5. The fourth-order valence-electron chi connectivity index (χ4n) is 6.36. The van der Waals surface area contributed by atoms with E-state index in [1.807, 2.05) is 25.1 Å². The van der Waals surface area contributed by atoms with Crippen molar-refractivity contribution in [1.29, 1.82) is 0 Å². The number of hydrogen-bond acceptors (Lipinski definition) is 8. The lowest BCUT2D eigenvalue weighted by Crippen LogP contribution is -2.30. The Balaban J connectivity index is 1.21. The first-order chi connectivity index (χ1) is 22.8. The van der Waals surface area contributed by atoms with Gasteiger partial charge < -0.3 is 25.6 Å². The molecule has 10 nitrogen and oxygen atoms in total. The van der Waals surface area contributed by atoms with Crippen LogP contribution in [0.1, 0.15) is 32.1 Å². The van der Waals surface area contributed by atoms with Crippen molar-refractivity contribution in [3.8, 4) is 33.9 Å². The van der Waals surface area contributed by atoms with Gasteiger partial charge in [-0.15, -0.1) is 0 Å². The van der Waals surface area contributed by atoms with Crippen molar-refractivity contribution in [2.75, 3.05) is 37.8 Å². The van der Waals surface area contributed by atoms with Gasteiger partial charge in [0.15, 0.2) is 5.82 Å². The van der Waals surface area contributed by atoms with Crippen LogP contribution in [0.2, 0.25) is 0 Å². The number of aliphatic hydroxyl groups is 1. The minimum Gasteiger partial charge on any atom is -0.384 e. The molecule has 1 unspecified atom stereocenters. The summed E-state index contributed by atoms with van der Waals surface area (Å²) >= 11 is 0. The van der Waals surface area contributed by atoms with Gasteiger partial charge in [-0.1, -0.05) is 19.3 Å². The molecule has 1 fully saturated rings. The smallest absolute Gasteiger partial charge is 0.159 e. The molecule has 1 saturated carbocycles. The minimum absolute atomic E-state index is 0.182. The normalized spacial score (nSPS) is 14.7. The van der Waals surface area contributed by atoms with Gasteiger partial charge in [-0.3, -0.25) is 15.1 Å². The van der Waals surface area contributed by atoms with E-state index >= 15 is 4.39 Å². The summed E-state index contributed by atoms with van der Waals surface area (Å²) in [6, 6.07) is 11.5. The number of halogens is 2. The molecule has 0 aliphatic heterocycles. The fourth-order valence-corrected chi connectivity index (χ4v) is 6.36. The Labute approximate surface area is 270 Å². The Morgan fingerprint density at radius 1 is 0.957 bits per heavy atom. The van der Waals surface area contributed by atoms with Gasteiger partial charge in [0.1, 0.15) is 29.1 Å². The van der Waals surface area contributed by atoms with Crippen LogP contribution in [0.25, 0.3) is 55.8 Å². The standard InChI is InChI=1S/C35H37F2N9O/c1-46(2)11-10-39-24-13-21(12-23(36)15-24)31-33-29(8-9-40-31)42-34(43-33)32-27-16-26(28(37)17-30(27)44-45-32)22-14-25(19-38-18-22)41-35(47)20-6-4-3-5-7-20/h8-9,12-20,35,39,41,47H,3-7,10-11H2,1-2H3,(H,42,43)(H,44,45). The summed E-state index contributed by atoms with van der Waals surface area (Å²) < 4.78 is 30.2. The Morgan fingerprint density at radius 2 is 1.79 bits per heavy atom. The monoisotopic (exact) mass is 637 g/mol. The van der Waals surface area contributed by atoms with Gasteiger partial charge in [0.05, 0.1) is 28.6 Å². The van der Waals surface area contributed by atoms with E-state index in [0.717, 1.165) is 32.2 Å². The van der Waals surface area contributed by atoms with Crippen molar-refractivity contribution in [2.24, 2.45) is 5.92 Å². The van der Waals surface area contributed by atoms with Gasteiger partial charge in [-0.2, -0.15) is 5.10 Å². The van der Waals surface area contributed by atoms with Crippen LogP contribution in [0, 0.1) is 17.6 Å². The highest BCUT2D eigenvalue weighted by Gasteiger charge is 2.22. The number of fused-ring (bicyclic) bond motifs is 2. The highest BCUT2D eigenvalue weighted by atomic mass is 19.1. The number of aromatic amines is 2. The van der Waals surface area contributed by atoms with Crippen LogP contribution in [0.5, 0.6) is 0 Å². The average Bonchev–Trinajstić information content (AvgIpc) is 3.68. The Hall–Kier alpha value is -4.94. The van der Waals surface area contributed by atoms with Crippen LogP contribution in [-0.2, 0) is 0 Å². The Bertz CT molecular complexity index is 2030. The van der Waals surface area contributed by atoms with Crippen LogP contribution >= 0.6 is 0 Å². The van der Waals surface area contributed by atoms with E-state index in [1.54, 1.807) is 36.8 Å². The molecule has 6 aromatic rings. The van der Waals surface area contributed by atoms with E-state index in [9.17, 15) is 9.50 Å². The second kappa shape index (κ2) is 13.0. The molecule has 4 aromatic heterocycles. The van der Waals surface area contributed by atoms with Gasteiger partial charge in [-0.25, -0.2) is 13.8 Å². The molecule has 4 heterocycles. The third-order valence-electron chi connectivity index (χ3n) is 8.80. The lowest BCUT2D eigenvalue weighted by molar-refractivity contribution is 0.109. The van der Waals surface area contributed by atoms with Crippen molar-refractivity contribution in [3.05, 3.63) is 72.7 Å². The zero-order valence-electron chi connectivity index (χ0n) is 26.3. The number of hydrogen-bond donors (Lipinski definition) is 5. The summed E-state index contributed by atoms with van der Waals surface area (Å²) in [5.41, 5.74) is 5.58. The number of imidazole rings is 1. The quantitative estimate of drug-likeness (QED) is 0.104. The first-order valence-electron chi connectivity index (χ1n) is 15.9. The molecule has 2 aromatic carbocycles.